The van der Waals surface area contributed by atoms with Crippen LogP contribution in [0, 0.1) is 0 Å². The first-order valence-electron chi connectivity index (χ1n) is 7.97. The smallest absolute Gasteiger partial charge is 0.305 e. The minimum Gasteiger partial charge on any atom is -0.493 e. The van der Waals surface area contributed by atoms with E-state index in [0.29, 0.717) is 23.5 Å². The molecule has 2 rings (SSSR count). The summed E-state index contributed by atoms with van der Waals surface area (Å²) in [4.78, 5) is 23.4. The molecule has 0 aromatic heterocycles. The number of carbonyl (C=O) groups excluding carboxylic acids is 1. The minimum atomic E-state index is -3.41. The number of nitrogens with one attached hydrogen (secondary N) is 1. The Bertz CT molecular complexity index is 779. The zero-order chi connectivity index (χ0) is 19.3. The van der Waals surface area contributed by atoms with Gasteiger partial charge in [0.1, 0.15) is 0 Å². The van der Waals surface area contributed by atoms with Crippen molar-refractivity contribution in [2.75, 3.05) is 33.1 Å². The number of carboxylic acids is 1. The van der Waals surface area contributed by atoms with Crippen LogP contribution in [0.1, 0.15) is 24.4 Å². The Morgan fingerprint density at radius 1 is 1.27 bits per heavy atom. The van der Waals surface area contributed by atoms with Gasteiger partial charge in [0.25, 0.3) is 0 Å². The molecule has 1 saturated heterocycles. The standard InChI is InChI=1S/C16H22N2O7S/c1-24-13-5-4-11(8-14(13)25-2)12(9-16(20)21)17-15(19)10-18-6-3-7-26(18,22)23/h4-5,8,12H,3,6-7,9-10H2,1-2H3,(H,17,19)(H,20,21). The number of rotatable bonds is 8. The van der Waals surface area contributed by atoms with Crippen molar-refractivity contribution < 1.29 is 32.6 Å². The van der Waals surface area contributed by atoms with E-state index in [0.717, 1.165) is 4.31 Å². The van der Waals surface area contributed by atoms with Gasteiger partial charge in [0, 0.05) is 6.54 Å². The fraction of sp³-hybridized carbons (Fsp3) is 0.500. The van der Waals surface area contributed by atoms with Crippen molar-refractivity contribution in [3.8, 4) is 11.5 Å². The monoisotopic (exact) mass is 386 g/mol. The minimum absolute atomic E-state index is 0.0223. The largest absolute Gasteiger partial charge is 0.493 e. The molecule has 1 amide bonds. The molecule has 10 heteroatoms. The van der Waals surface area contributed by atoms with Crippen LogP contribution in [0.2, 0.25) is 0 Å². The van der Waals surface area contributed by atoms with Crippen LogP contribution in [0.5, 0.6) is 11.5 Å². The summed E-state index contributed by atoms with van der Waals surface area (Å²) in [6, 6.07) is 3.99. The second-order valence-electron chi connectivity index (χ2n) is 5.84. The molecule has 1 aliphatic heterocycles. The molecule has 9 nitrogen and oxygen atoms in total. The van der Waals surface area contributed by atoms with E-state index in [1.54, 1.807) is 18.2 Å². The van der Waals surface area contributed by atoms with Crippen molar-refractivity contribution in [3.63, 3.8) is 0 Å². The highest BCUT2D eigenvalue weighted by molar-refractivity contribution is 7.89. The lowest BCUT2D eigenvalue weighted by Crippen LogP contribution is -2.40. The van der Waals surface area contributed by atoms with E-state index in [9.17, 15) is 18.0 Å². The molecule has 0 radical (unpaired) electrons. The number of carbonyl (C=O) groups is 2. The number of aliphatic carboxylic acids is 1. The number of sulfonamides is 1. The van der Waals surface area contributed by atoms with Gasteiger partial charge in [-0.2, -0.15) is 4.31 Å². The third-order valence-electron chi connectivity index (χ3n) is 4.05. The number of nitrogens with zero attached hydrogens (tertiary/aromatic N) is 1. The van der Waals surface area contributed by atoms with E-state index in [4.69, 9.17) is 14.6 Å². The second kappa shape index (κ2) is 8.37. The Morgan fingerprint density at radius 3 is 2.50 bits per heavy atom. The molecule has 1 heterocycles. The predicted molar refractivity (Wildman–Crippen MR) is 92.7 cm³/mol. The zero-order valence-corrected chi connectivity index (χ0v) is 15.4. The van der Waals surface area contributed by atoms with Crippen molar-refractivity contribution in [2.24, 2.45) is 0 Å². The average Bonchev–Trinajstić information content (AvgIpc) is 2.91. The number of carboxylic acid groups (broad SMARTS) is 1. The van der Waals surface area contributed by atoms with Crippen LogP contribution in [0.15, 0.2) is 18.2 Å². The summed E-state index contributed by atoms with van der Waals surface area (Å²) in [5, 5.41) is 11.7. The van der Waals surface area contributed by atoms with E-state index in [2.05, 4.69) is 5.32 Å². The van der Waals surface area contributed by atoms with Crippen molar-refractivity contribution >= 4 is 21.9 Å². The highest BCUT2D eigenvalue weighted by Gasteiger charge is 2.30. The summed E-state index contributed by atoms with van der Waals surface area (Å²) in [7, 11) is -0.480. The summed E-state index contributed by atoms with van der Waals surface area (Å²) in [5.74, 6) is -0.763. The topological polar surface area (TPSA) is 122 Å². The van der Waals surface area contributed by atoms with Gasteiger partial charge in [0.05, 0.1) is 39.0 Å². The molecule has 1 aromatic rings. The fourth-order valence-corrected chi connectivity index (χ4v) is 4.24. The van der Waals surface area contributed by atoms with E-state index in [-0.39, 0.29) is 25.3 Å². The summed E-state index contributed by atoms with van der Waals surface area (Å²) < 4.78 is 35.1. The van der Waals surface area contributed by atoms with Gasteiger partial charge in [-0.05, 0) is 24.1 Å². The van der Waals surface area contributed by atoms with Crippen LogP contribution in [-0.2, 0) is 19.6 Å². The summed E-state index contributed by atoms with van der Waals surface area (Å²) >= 11 is 0. The molecule has 1 fully saturated rings. The van der Waals surface area contributed by atoms with Crippen LogP contribution >= 0.6 is 0 Å². The average molecular weight is 386 g/mol. The van der Waals surface area contributed by atoms with Gasteiger partial charge in [-0.1, -0.05) is 6.07 Å². The Kier molecular flexibility index (Phi) is 6.43. The van der Waals surface area contributed by atoms with Crippen molar-refractivity contribution in [3.05, 3.63) is 23.8 Å². The molecule has 0 bridgehead atoms. The Hall–Kier alpha value is -2.33. The highest BCUT2D eigenvalue weighted by Crippen LogP contribution is 2.31. The first-order valence-corrected chi connectivity index (χ1v) is 9.58. The number of amides is 1. The Labute approximate surface area is 151 Å². The number of hydrogen-bond acceptors (Lipinski definition) is 6. The van der Waals surface area contributed by atoms with Gasteiger partial charge in [-0.15, -0.1) is 0 Å². The molecule has 144 valence electrons. The van der Waals surface area contributed by atoms with Crippen molar-refractivity contribution in [1.82, 2.24) is 9.62 Å². The predicted octanol–water partition coefficient (Wildman–Crippen LogP) is 0.371. The van der Waals surface area contributed by atoms with Gasteiger partial charge in [0.15, 0.2) is 11.5 Å². The zero-order valence-electron chi connectivity index (χ0n) is 14.6. The first-order chi connectivity index (χ1) is 12.3. The lowest BCUT2D eigenvalue weighted by Gasteiger charge is -2.21. The van der Waals surface area contributed by atoms with E-state index >= 15 is 0 Å². The third kappa shape index (κ3) is 4.85. The molecule has 2 N–H and O–H groups in total. The molecule has 26 heavy (non-hydrogen) atoms. The van der Waals surface area contributed by atoms with Crippen LogP contribution in [0.4, 0.5) is 0 Å². The molecular formula is C16H22N2O7S. The second-order valence-corrected chi connectivity index (χ2v) is 7.92. The molecule has 0 spiro atoms. The van der Waals surface area contributed by atoms with E-state index in [1.807, 2.05) is 0 Å². The maximum Gasteiger partial charge on any atom is 0.305 e. The van der Waals surface area contributed by atoms with Gasteiger partial charge in [0.2, 0.25) is 15.9 Å². The number of benzene rings is 1. The Balaban J connectivity index is 2.17. The summed E-state index contributed by atoms with van der Waals surface area (Å²) in [6.45, 7) is -0.0402. The summed E-state index contributed by atoms with van der Waals surface area (Å²) in [6.07, 6.45) is 0.123. The van der Waals surface area contributed by atoms with Gasteiger partial charge in [-0.25, -0.2) is 8.42 Å². The van der Waals surface area contributed by atoms with Gasteiger partial charge >= 0.3 is 5.97 Å². The molecule has 1 aromatic carbocycles. The van der Waals surface area contributed by atoms with Crippen molar-refractivity contribution in [1.29, 1.82) is 0 Å². The molecule has 0 saturated carbocycles. The Morgan fingerprint density at radius 2 is 1.96 bits per heavy atom. The summed E-state index contributed by atoms with van der Waals surface area (Å²) in [5.41, 5.74) is 0.516. The van der Waals surface area contributed by atoms with Crippen LogP contribution in [0.3, 0.4) is 0 Å². The highest BCUT2D eigenvalue weighted by atomic mass is 32.2. The van der Waals surface area contributed by atoms with E-state index in [1.165, 1.54) is 14.2 Å². The van der Waals surface area contributed by atoms with Crippen molar-refractivity contribution in [2.45, 2.75) is 18.9 Å². The van der Waals surface area contributed by atoms with Crippen LogP contribution in [-0.4, -0.2) is 62.8 Å². The van der Waals surface area contributed by atoms with Gasteiger partial charge < -0.3 is 19.9 Å². The molecule has 1 atom stereocenters. The SMILES string of the molecule is COc1ccc(C(CC(=O)O)NC(=O)CN2CCCS2(=O)=O)cc1OC. The third-order valence-corrected chi connectivity index (χ3v) is 5.95. The van der Waals surface area contributed by atoms with Crippen LogP contribution < -0.4 is 14.8 Å². The lowest BCUT2D eigenvalue weighted by atomic mass is 10.0. The van der Waals surface area contributed by atoms with Crippen LogP contribution in [0.25, 0.3) is 0 Å². The molecule has 1 unspecified atom stereocenters. The molecule has 1 aliphatic rings. The van der Waals surface area contributed by atoms with Gasteiger partial charge in [-0.3, -0.25) is 9.59 Å². The maximum atomic E-state index is 12.3. The molecular weight excluding hydrogens is 364 g/mol. The quantitative estimate of drug-likeness (QED) is 0.662. The van der Waals surface area contributed by atoms with E-state index < -0.39 is 27.9 Å². The number of ether oxygens (including phenoxy) is 2. The normalized spacial score (nSPS) is 17.5. The lowest BCUT2D eigenvalue weighted by molar-refractivity contribution is -0.137. The molecule has 0 aliphatic carbocycles. The maximum absolute atomic E-state index is 12.3. The number of hydrogen-bond donors (Lipinski definition) is 2. The number of methoxy groups -OCH3 is 2. The fourth-order valence-electron chi connectivity index (χ4n) is 2.77. The first kappa shape index (κ1) is 20.0.